The van der Waals surface area contributed by atoms with E-state index in [1.807, 2.05) is 55.4 Å². The molecule has 4 heterocycles. The number of hydrogen-bond donors (Lipinski definition) is 1. The Morgan fingerprint density at radius 2 is 0.661 bits per heavy atom. The molecule has 4 fully saturated rings. The summed E-state index contributed by atoms with van der Waals surface area (Å²) >= 11 is 2.07. The molecule has 0 aromatic heterocycles. The lowest BCUT2D eigenvalue weighted by Crippen LogP contribution is -2.62. The summed E-state index contributed by atoms with van der Waals surface area (Å²) in [6.07, 6.45) is 6.92. The van der Waals surface area contributed by atoms with E-state index in [1.54, 1.807) is 0 Å². The van der Waals surface area contributed by atoms with Crippen LogP contribution in [0.25, 0.3) is 0 Å². The number of hydrogen-bond acceptors (Lipinski definition) is 6. The Labute approximate surface area is 401 Å². The number of piperazine rings is 1. The Balaban J connectivity index is -0.000000342. The molecule has 0 saturated carbocycles. The van der Waals surface area contributed by atoms with Crippen molar-refractivity contribution in [2.45, 2.75) is 300 Å². The van der Waals surface area contributed by atoms with Gasteiger partial charge in [-0.15, -0.1) is 11.8 Å². The van der Waals surface area contributed by atoms with Gasteiger partial charge in [-0.3, -0.25) is 19.6 Å². The summed E-state index contributed by atoms with van der Waals surface area (Å²) < 4.78 is 0. The molecule has 0 bridgehead atoms. The average Bonchev–Trinajstić information content (AvgIpc) is 3.87. The molecule has 0 radical (unpaired) electrons. The minimum absolute atomic E-state index is 0.292. The van der Waals surface area contributed by atoms with E-state index in [2.05, 4.69) is 203 Å². The summed E-state index contributed by atoms with van der Waals surface area (Å²) in [6, 6.07) is 2.91. The Morgan fingerprint density at radius 1 is 0.355 bits per heavy atom. The van der Waals surface area contributed by atoms with E-state index in [0.29, 0.717) is 49.9 Å². The second kappa shape index (κ2) is 29.8. The van der Waals surface area contributed by atoms with Gasteiger partial charge in [0.2, 0.25) is 0 Å². The predicted octanol–water partition coefficient (Wildman–Crippen LogP) is 16.4. The van der Waals surface area contributed by atoms with Crippen LogP contribution in [0.15, 0.2) is 0 Å². The van der Waals surface area contributed by atoms with E-state index in [0.717, 1.165) is 31.2 Å². The molecule has 62 heavy (non-hydrogen) atoms. The Kier molecular flexibility index (Phi) is 33.0. The van der Waals surface area contributed by atoms with Gasteiger partial charge in [0.25, 0.3) is 0 Å². The van der Waals surface area contributed by atoms with E-state index in [-0.39, 0.29) is 0 Å². The molecule has 5 nitrogen and oxygen atoms in total. The third-order valence-corrected chi connectivity index (χ3v) is 13.3. The average molecular weight is 901 g/mol. The van der Waals surface area contributed by atoms with Crippen molar-refractivity contribution < 1.29 is 0 Å². The van der Waals surface area contributed by atoms with Crippen LogP contribution in [-0.2, 0) is 0 Å². The molecule has 4 atom stereocenters. The van der Waals surface area contributed by atoms with Gasteiger partial charge in [-0.25, -0.2) is 0 Å². The highest BCUT2D eigenvalue weighted by molar-refractivity contribution is 7.99. The summed E-state index contributed by atoms with van der Waals surface area (Å²) in [5, 5.41) is 3.50. The lowest BCUT2D eigenvalue weighted by molar-refractivity contribution is -0.00414. The summed E-state index contributed by atoms with van der Waals surface area (Å²) in [5.41, 5.74) is 2.92. The van der Waals surface area contributed by atoms with E-state index >= 15 is 0 Å². The third kappa shape index (κ3) is 25.9. The summed E-state index contributed by atoms with van der Waals surface area (Å²) in [4.78, 5) is 10.7. The van der Waals surface area contributed by atoms with Gasteiger partial charge in [-0.05, 0) is 144 Å². The molecule has 4 aliphatic rings. The zero-order chi connectivity index (χ0) is 50.5. The number of likely N-dealkylation sites (tertiary alicyclic amines) is 2. The van der Waals surface area contributed by atoms with Gasteiger partial charge in [0.15, 0.2) is 0 Å². The van der Waals surface area contributed by atoms with Gasteiger partial charge in [0, 0.05) is 77.6 Å². The fourth-order valence-corrected chi connectivity index (χ4v) is 11.0. The van der Waals surface area contributed by atoms with Gasteiger partial charge < -0.3 is 5.32 Å². The normalized spacial score (nSPS) is 23.6. The molecule has 6 heteroatoms. The van der Waals surface area contributed by atoms with E-state index in [1.165, 1.54) is 63.4 Å². The third-order valence-electron chi connectivity index (χ3n) is 12.3. The maximum absolute atomic E-state index is 3.50. The van der Waals surface area contributed by atoms with Crippen LogP contribution in [-0.4, -0.2) is 110 Å². The SMILES string of the molecule is CC.CC.CC.CC.CC(C)(C)C1CCCCN1C(C)(C)C.CC(C)(C)C1CCCN1C(C)(C)C.CC(C)(C)C1CNCCN1C(C)(C)C.CC(C)(C)C1CSCN1C(C)(C)C. The topological polar surface area (TPSA) is 25.0 Å². The van der Waals surface area contributed by atoms with Crippen molar-refractivity contribution in [3.63, 3.8) is 0 Å². The van der Waals surface area contributed by atoms with Crippen molar-refractivity contribution in [2.75, 3.05) is 44.4 Å². The number of piperidine rings is 1. The molecule has 4 saturated heterocycles. The number of nitrogens with one attached hydrogen (secondary N) is 1. The van der Waals surface area contributed by atoms with Crippen molar-refractivity contribution in [3.8, 4) is 0 Å². The molecular weight excluding hydrogens is 775 g/mol. The minimum atomic E-state index is 0.292. The Hall–Kier alpha value is 0.150. The second-order valence-electron chi connectivity index (χ2n) is 25.6. The molecule has 4 unspecified atom stereocenters. The summed E-state index contributed by atoms with van der Waals surface area (Å²) in [7, 11) is 0. The van der Waals surface area contributed by atoms with Crippen LogP contribution < -0.4 is 5.32 Å². The van der Waals surface area contributed by atoms with Gasteiger partial charge >= 0.3 is 0 Å². The highest BCUT2D eigenvalue weighted by Gasteiger charge is 2.41. The van der Waals surface area contributed by atoms with E-state index in [4.69, 9.17) is 0 Å². The fraction of sp³-hybridized carbons (Fsp3) is 1.00. The molecule has 0 aromatic rings. The van der Waals surface area contributed by atoms with Gasteiger partial charge in [-0.2, -0.15) is 0 Å². The van der Waals surface area contributed by atoms with Gasteiger partial charge in [-0.1, -0.05) is 145 Å². The van der Waals surface area contributed by atoms with Crippen LogP contribution in [0, 0.1) is 21.7 Å². The molecule has 4 rings (SSSR count). The van der Waals surface area contributed by atoms with E-state index in [9.17, 15) is 0 Å². The van der Waals surface area contributed by atoms with Crippen molar-refractivity contribution in [1.82, 2.24) is 24.9 Å². The first-order valence-electron chi connectivity index (χ1n) is 26.3. The summed E-state index contributed by atoms with van der Waals surface area (Å²) in [6.45, 7) is 78.2. The van der Waals surface area contributed by atoms with E-state index < -0.39 is 0 Å². The molecule has 1 N–H and O–H groups in total. The maximum atomic E-state index is 3.50. The Morgan fingerprint density at radius 3 is 0.935 bits per heavy atom. The first-order chi connectivity index (χ1) is 27.9. The van der Waals surface area contributed by atoms with Crippen molar-refractivity contribution >= 4 is 11.8 Å². The monoisotopic (exact) mass is 900 g/mol. The zero-order valence-electron chi connectivity index (χ0n) is 49.5. The minimum Gasteiger partial charge on any atom is -0.314 e. The van der Waals surface area contributed by atoms with Crippen molar-refractivity contribution in [1.29, 1.82) is 0 Å². The maximum Gasteiger partial charge on any atom is 0.0453 e. The predicted molar refractivity (Wildman–Crippen MR) is 293 cm³/mol. The van der Waals surface area contributed by atoms with Gasteiger partial charge in [0.1, 0.15) is 0 Å². The van der Waals surface area contributed by atoms with Crippen molar-refractivity contribution in [3.05, 3.63) is 0 Å². The van der Waals surface area contributed by atoms with Crippen LogP contribution in [0.2, 0.25) is 0 Å². The fourth-order valence-electron chi connectivity index (χ4n) is 9.21. The summed E-state index contributed by atoms with van der Waals surface area (Å²) in [5.74, 6) is 2.49. The molecule has 0 aliphatic carbocycles. The smallest absolute Gasteiger partial charge is 0.0453 e. The van der Waals surface area contributed by atoms with Crippen LogP contribution in [0.3, 0.4) is 0 Å². The van der Waals surface area contributed by atoms with Crippen LogP contribution in [0.4, 0.5) is 0 Å². The van der Waals surface area contributed by atoms with Crippen LogP contribution in [0.1, 0.15) is 254 Å². The molecule has 380 valence electrons. The molecule has 0 spiro atoms. The standard InChI is InChI=1S/C13H27N.C12H26N2.C12H25N.C11H23NS.4C2H6/c1-12(2,3)11-9-7-8-10-14(11)13(4,5)6;1-11(2,3)10-9-13-7-8-14(10)12(4,5)6;1-11(2,3)10-8-7-9-13(10)12(4,5)6;1-10(2,3)9-7-13-8-12(9)11(4,5)6;4*1-2/h11H,7-10H2,1-6H3;10,13H,7-9H2,1-6H3;10H,7-9H2,1-6H3;9H,7-8H2,1-6H3;4*1-2H3. The lowest BCUT2D eigenvalue weighted by Gasteiger charge is -2.50. The number of rotatable bonds is 0. The highest BCUT2D eigenvalue weighted by atomic mass is 32.2. The molecule has 0 aromatic carbocycles. The number of nitrogens with zero attached hydrogens (tertiary/aromatic N) is 4. The second-order valence-corrected chi connectivity index (χ2v) is 26.6. The molecule has 0 amide bonds. The quantitative estimate of drug-likeness (QED) is 0.260. The molecular formula is C56H125N5S. The van der Waals surface area contributed by atoms with Crippen LogP contribution >= 0.6 is 11.8 Å². The van der Waals surface area contributed by atoms with Crippen LogP contribution in [0.5, 0.6) is 0 Å². The van der Waals surface area contributed by atoms with Gasteiger partial charge in [0.05, 0.1) is 0 Å². The largest absolute Gasteiger partial charge is 0.314 e. The zero-order valence-corrected chi connectivity index (χ0v) is 50.3. The van der Waals surface area contributed by atoms with Crippen molar-refractivity contribution in [2.24, 2.45) is 21.7 Å². The highest BCUT2D eigenvalue weighted by Crippen LogP contribution is 2.39. The molecule has 4 aliphatic heterocycles. The lowest BCUT2D eigenvalue weighted by atomic mass is 9.78. The Bertz CT molecular complexity index is 892. The first kappa shape index (κ1) is 68.7. The number of thioether (sulfide) groups is 1. The first-order valence-corrected chi connectivity index (χ1v) is 27.4.